The van der Waals surface area contributed by atoms with Gasteiger partial charge in [-0.15, -0.1) is 0 Å². The van der Waals surface area contributed by atoms with Crippen LogP contribution in [0.5, 0.6) is 6.01 Å². The Bertz CT molecular complexity index is 1070. The minimum absolute atomic E-state index is 0.00105. The molecule has 3 heterocycles. The number of carbonyl (C=O) groups excluding carboxylic acids is 1. The summed E-state index contributed by atoms with van der Waals surface area (Å²) in [6.07, 6.45) is 7.94. The van der Waals surface area contributed by atoms with Crippen molar-refractivity contribution in [1.29, 1.82) is 0 Å². The SMILES string of the molecule is O=C1CCc2cc(S(=O)(=O)NC3CCC(Oc4ncccn4)CC3)cc3c2N1CC3. The molecule has 30 heavy (non-hydrogen) atoms. The van der Waals surface area contributed by atoms with Crippen molar-refractivity contribution >= 4 is 21.6 Å². The highest BCUT2D eigenvalue weighted by molar-refractivity contribution is 7.89. The van der Waals surface area contributed by atoms with Gasteiger partial charge in [-0.3, -0.25) is 4.79 Å². The second-order valence-corrected chi connectivity index (χ2v) is 9.84. The third-order valence-electron chi connectivity index (χ3n) is 6.15. The van der Waals surface area contributed by atoms with Crippen molar-refractivity contribution < 1.29 is 17.9 Å². The van der Waals surface area contributed by atoms with Crippen LogP contribution >= 0.6 is 0 Å². The van der Waals surface area contributed by atoms with Crippen LogP contribution in [0, 0.1) is 0 Å². The Morgan fingerprint density at radius 3 is 2.43 bits per heavy atom. The van der Waals surface area contributed by atoms with Crippen LogP contribution in [0.4, 0.5) is 5.69 Å². The minimum atomic E-state index is -3.62. The Labute approximate surface area is 175 Å². The Morgan fingerprint density at radius 2 is 1.70 bits per heavy atom. The largest absolute Gasteiger partial charge is 0.460 e. The number of benzene rings is 1. The number of nitrogens with one attached hydrogen (secondary N) is 1. The van der Waals surface area contributed by atoms with Crippen LogP contribution in [-0.4, -0.2) is 43.0 Å². The molecule has 0 saturated heterocycles. The number of carbonyl (C=O) groups is 1. The summed E-state index contributed by atoms with van der Waals surface area (Å²) >= 11 is 0. The topological polar surface area (TPSA) is 101 Å². The summed E-state index contributed by atoms with van der Waals surface area (Å²) in [5.74, 6) is 0.134. The number of hydrogen-bond acceptors (Lipinski definition) is 6. The fraction of sp³-hybridized carbons (Fsp3) is 0.476. The molecule has 1 N–H and O–H groups in total. The van der Waals surface area contributed by atoms with Gasteiger partial charge in [-0.1, -0.05) is 0 Å². The van der Waals surface area contributed by atoms with Crippen LogP contribution in [0.15, 0.2) is 35.5 Å². The molecule has 1 fully saturated rings. The highest BCUT2D eigenvalue weighted by Crippen LogP contribution is 2.38. The zero-order valence-electron chi connectivity index (χ0n) is 16.6. The zero-order chi connectivity index (χ0) is 20.7. The molecule has 1 amide bonds. The molecule has 0 atom stereocenters. The van der Waals surface area contributed by atoms with Crippen molar-refractivity contribution in [3.63, 3.8) is 0 Å². The summed E-state index contributed by atoms with van der Waals surface area (Å²) < 4.78 is 34.8. The number of aromatic nitrogens is 2. The number of rotatable bonds is 5. The van der Waals surface area contributed by atoms with E-state index < -0.39 is 10.0 Å². The van der Waals surface area contributed by atoms with E-state index in [1.807, 2.05) is 0 Å². The first-order valence-corrected chi connectivity index (χ1v) is 11.9. The second-order valence-electron chi connectivity index (χ2n) is 8.13. The number of sulfonamides is 1. The smallest absolute Gasteiger partial charge is 0.316 e. The first-order valence-electron chi connectivity index (χ1n) is 10.4. The van der Waals surface area contributed by atoms with Gasteiger partial charge in [-0.2, -0.15) is 0 Å². The number of anilines is 1. The van der Waals surface area contributed by atoms with E-state index in [-0.39, 0.29) is 18.1 Å². The summed E-state index contributed by atoms with van der Waals surface area (Å²) in [7, 11) is -3.62. The van der Waals surface area contributed by atoms with E-state index in [0.29, 0.717) is 49.6 Å². The van der Waals surface area contributed by atoms with Crippen LogP contribution in [0.3, 0.4) is 0 Å². The van der Waals surface area contributed by atoms with Gasteiger partial charge in [0.05, 0.1) is 10.6 Å². The van der Waals surface area contributed by atoms with E-state index in [0.717, 1.165) is 29.7 Å². The number of amides is 1. The first-order chi connectivity index (χ1) is 14.5. The molecule has 3 aliphatic rings. The molecule has 158 valence electrons. The van der Waals surface area contributed by atoms with Gasteiger partial charge in [0.25, 0.3) is 0 Å². The molecule has 8 nitrogen and oxygen atoms in total. The quantitative estimate of drug-likeness (QED) is 0.781. The average Bonchev–Trinajstić information content (AvgIpc) is 3.18. The molecular formula is C21H24N4O4S. The Hall–Kier alpha value is -2.52. The van der Waals surface area contributed by atoms with Gasteiger partial charge >= 0.3 is 6.01 Å². The molecule has 5 rings (SSSR count). The molecular weight excluding hydrogens is 404 g/mol. The molecule has 1 saturated carbocycles. The van der Waals surface area contributed by atoms with Crippen molar-refractivity contribution in [3.8, 4) is 6.01 Å². The van der Waals surface area contributed by atoms with E-state index >= 15 is 0 Å². The molecule has 2 aliphatic heterocycles. The van der Waals surface area contributed by atoms with Crippen molar-refractivity contribution in [3.05, 3.63) is 41.7 Å². The number of aryl methyl sites for hydroxylation is 1. The van der Waals surface area contributed by atoms with Gasteiger partial charge in [0.15, 0.2) is 0 Å². The fourth-order valence-corrected chi connectivity index (χ4v) is 6.07. The van der Waals surface area contributed by atoms with Crippen molar-refractivity contribution in [1.82, 2.24) is 14.7 Å². The maximum Gasteiger partial charge on any atom is 0.316 e. The molecule has 1 aromatic heterocycles. The van der Waals surface area contributed by atoms with Gasteiger partial charge in [-0.05, 0) is 67.9 Å². The number of ether oxygens (including phenoxy) is 1. The van der Waals surface area contributed by atoms with E-state index in [1.54, 1.807) is 35.5 Å². The summed E-state index contributed by atoms with van der Waals surface area (Å²) in [5.41, 5.74) is 2.86. The maximum atomic E-state index is 13.1. The summed E-state index contributed by atoms with van der Waals surface area (Å²) in [5, 5.41) is 0. The summed E-state index contributed by atoms with van der Waals surface area (Å²) in [6.45, 7) is 0.646. The van der Waals surface area contributed by atoms with Gasteiger partial charge in [-0.25, -0.2) is 23.1 Å². The Kier molecular flexibility index (Phi) is 4.94. The average molecular weight is 429 g/mol. The molecule has 1 aliphatic carbocycles. The van der Waals surface area contributed by atoms with E-state index in [4.69, 9.17) is 4.74 Å². The first kappa shape index (κ1) is 19.4. The van der Waals surface area contributed by atoms with Crippen LogP contribution < -0.4 is 14.4 Å². The molecule has 0 radical (unpaired) electrons. The number of hydrogen-bond donors (Lipinski definition) is 1. The van der Waals surface area contributed by atoms with Crippen molar-refractivity contribution in [2.24, 2.45) is 0 Å². The van der Waals surface area contributed by atoms with Gasteiger partial charge in [0.1, 0.15) is 6.10 Å². The standard InChI is InChI=1S/C21H24N4O4S/c26-19-7-2-14-12-18(13-15-8-11-25(19)20(14)15)30(27,28)24-16-3-5-17(6-4-16)29-21-22-9-1-10-23-21/h1,9-10,12-13,16-17,24H,2-8,11H2. The molecule has 1 aromatic carbocycles. The molecule has 9 heteroatoms. The molecule has 2 aromatic rings. The summed E-state index contributed by atoms with van der Waals surface area (Å²) in [6, 6.07) is 5.46. The van der Waals surface area contributed by atoms with Gasteiger partial charge < -0.3 is 9.64 Å². The monoisotopic (exact) mass is 428 g/mol. The zero-order valence-corrected chi connectivity index (χ0v) is 17.4. The van der Waals surface area contributed by atoms with Gasteiger partial charge in [0.2, 0.25) is 15.9 Å². The van der Waals surface area contributed by atoms with E-state index in [2.05, 4.69) is 14.7 Å². The van der Waals surface area contributed by atoms with Crippen molar-refractivity contribution in [2.75, 3.05) is 11.4 Å². The summed E-state index contributed by atoms with van der Waals surface area (Å²) in [4.78, 5) is 22.4. The highest BCUT2D eigenvalue weighted by Gasteiger charge is 2.34. The van der Waals surface area contributed by atoms with Crippen LogP contribution in [0.2, 0.25) is 0 Å². The van der Waals surface area contributed by atoms with Crippen LogP contribution in [0.25, 0.3) is 0 Å². The van der Waals surface area contributed by atoms with Crippen LogP contribution in [-0.2, 0) is 27.7 Å². The molecule has 0 bridgehead atoms. The van der Waals surface area contributed by atoms with E-state index in [9.17, 15) is 13.2 Å². The third-order valence-corrected chi connectivity index (χ3v) is 7.65. The Morgan fingerprint density at radius 1 is 1.00 bits per heavy atom. The highest BCUT2D eigenvalue weighted by atomic mass is 32.2. The lowest BCUT2D eigenvalue weighted by Gasteiger charge is -2.29. The second kappa shape index (κ2) is 7.63. The lowest BCUT2D eigenvalue weighted by Crippen LogP contribution is -2.40. The lowest BCUT2D eigenvalue weighted by atomic mass is 9.94. The van der Waals surface area contributed by atoms with Gasteiger partial charge in [0, 0.05) is 31.4 Å². The molecule has 0 unspecified atom stereocenters. The predicted octanol–water partition coefficient (Wildman–Crippen LogP) is 1.98. The number of nitrogens with zero attached hydrogens (tertiary/aromatic N) is 3. The minimum Gasteiger partial charge on any atom is -0.460 e. The van der Waals surface area contributed by atoms with Crippen molar-refractivity contribution in [2.45, 2.75) is 62.0 Å². The normalized spacial score (nSPS) is 23.3. The fourth-order valence-electron chi connectivity index (χ4n) is 4.66. The predicted molar refractivity (Wildman–Crippen MR) is 110 cm³/mol. The maximum absolute atomic E-state index is 13.1. The van der Waals surface area contributed by atoms with Crippen LogP contribution in [0.1, 0.15) is 43.2 Å². The van der Waals surface area contributed by atoms with E-state index in [1.165, 1.54) is 0 Å². The third kappa shape index (κ3) is 3.67. The lowest BCUT2D eigenvalue weighted by molar-refractivity contribution is -0.118. The molecule has 0 spiro atoms. The Balaban J connectivity index is 1.26.